The van der Waals surface area contributed by atoms with E-state index in [0.29, 0.717) is 22.4 Å². The molecule has 36 heavy (non-hydrogen) atoms. The number of rotatable bonds is 6. The smallest absolute Gasteiger partial charge is 0.415 e. The number of ether oxygens (including phenoxy) is 3. The van der Waals surface area contributed by atoms with Gasteiger partial charge in [0, 0.05) is 11.0 Å². The van der Waals surface area contributed by atoms with Crippen LogP contribution < -0.4 is 9.64 Å². The molecule has 0 aliphatic rings. The molecule has 3 aromatic carbocycles. The average molecular weight is 487 g/mol. The maximum atomic E-state index is 13.3. The minimum absolute atomic E-state index is 0.0675. The maximum Gasteiger partial charge on any atom is 0.415 e. The zero-order chi connectivity index (χ0) is 26.6. The van der Waals surface area contributed by atoms with E-state index in [1.165, 1.54) is 19.1 Å². The van der Waals surface area contributed by atoms with Crippen LogP contribution in [0.3, 0.4) is 0 Å². The Morgan fingerprint density at radius 2 is 1.78 bits per heavy atom. The van der Waals surface area contributed by atoms with Crippen LogP contribution in [0.2, 0.25) is 0 Å². The van der Waals surface area contributed by atoms with Crippen LogP contribution in [0.15, 0.2) is 60.7 Å². The second kappa shape index (κ2) is 10.5. The van der Waals surface area contributed by atoms with Crippen molar-refractivity contribution in [2.45, 2.75) is 33.3 Å². The summed E-state index contributed by atoms with van der Waals surface area (Å²) in [4.78, 5) is 27.0. The van der Waals surface area contributed by atoms with Crippen molar-refractivity contribution in [1.82, 2.24) is 0 Å². The number of benzene rings is 3. The van der Waals surface area contributed by atoms with Crippen LogP contribution in [0.1, 0.15) is 36.7 Å². The summed E-state index contributed by atoms with van der Waals surface area (Å²) in [6.07, 6.45) is -0.626. The van der Waals surface area contributed by atoms with Crippen molar-refractivity contribution in [1.29, 1.82) is 5.26 Å². The number of nitriles is 1. The average Bonchev–Trinajstić information content (AvgIpc) is 2.84. The van der Waals surface area contributed by atoms with Gasteiger partial charge < -0.3 is 14.2 Å². The first-order valence-electron chi connectivity index (χ1n) is 11.4. The molecule has 0 N–H and O–H groups in total. The van der Waals surface area contributed by atoms with Gasteiger partial charge in [-0.15, -0.1) is 0 Å². The van der Waals surface area contributed by atoms with Crippen molar-refractivity contribution in [2.24, 2.45) is 0 Å². The lowest BCUT2D eigenvalue weighted by Gasteiger charge is -2.29. The molecule has 0 atom stereocenters. The van der Waals surface area contributed by atoms with Crippen molar-refractivity contribution in [3.8, 4) is 22.9 Å². The first kappa shape index (κ1) is 26.3. The molecule has 186 valence electrons. The van der Waals surface area contributed by atoms with Crippen LogP contribution in [-0.2, 0) is 9.47 Å². The second-order valence-corrected chi connectivity index (χ2v) is 9.30. The minimum atomic E-state index is -0.752. The molecular formula is C29H30N2O5. The van der Waals surface area contributed by atoms with Crippen molar-refractivity contribution in [3.63, 3.8) is 0 Å². The number of carbonyl (C=O) groups is 2. The molecule has 0 aromatic heterocycles. The largest absolute Gasteiger partial charge is 0.495 e. The van der Waals surface area contributed by atoms with Gasteiger partial charge in [0.1, 0.15) is 11.4 Å². The zero-order valence-corrected chi connectivity index (χ0v) is 21.5. The molecule has 3 aromatic rings. The van der Waals surface area contributed by atoms with E-state index in [2.05, 4.69) is 6.58 Å². The van der Waals surface area contributed by atoms with Gasteiger partial charge in [-0.3, -0.25) is 4.90 Å². The lowest BCUT2D eigenvalue weighted by atomic mass is 9.94. The quantitative estimate of drug-likeness (QED) is 0.295. The minimum Gasteiger partial charge on any atom is -0.495 e. The fourth-order valence-electron chi connectivity index (χ4n) is 3.95. The lowest BCUT2D eigenvalue weighted by molar-refractivity contribution is 0.0579. The number of carbonyl (C=O) groups excluding carboxylic acids is 2. The molecule has 0 heterocycles. The standard InChI is InChI=1S/C29H30N2O5/c1-18(16-30)17-31(28(33)36-29(3,4)5)26-24-15-21(12-11-20(24)13-14-25(26)34-6)22-9-8-10-23(19(22)2)27(32)35-7/h8-15H,1,17H2,2-7H3. The molecule has 1 amide bonds. The van der Waals surface area contributed by atoms with Crippen molar-refractivity contribution in [2.75, 3.05) is 25.7 Å². The molecule has 3 rings (SSSR count). The van der Waals surface area contributed by atoms with E-state index in [0.717, 1.165) is 22.1 Å². The number of anilines is 1. The highest BCUT2D eigenvalue weighted by Crippen LogP contribution is 2.40. The molecule has 7 heteroatoms. The van der Waals surface area contributed by atoms with Gasteiger partial charge in [-0.1, -0.05) is 36.9 Å². The highest BCUT2D eigenvalue weighted by atomic mass is 16.6. The molecule has 0 fully saturated rings. The molecule has 0 saturated heterocycles. The van der Waals surface area contributed by atoms with Crippen LogP contribution in [0.25, 0.3) is 21.9 Å². The van der Waals surface area contributed by atoms with E-state index in [9.17, 15) is 14.9 Å². The van der Waals surface area contributed by atoms with Gasteiger partial charge in [0.15, 0.2) is 0 Å². The molecule has 7 nitrogen and oxygen atoms in total. The van der Waals surface area contributed by atoms with E-state index in [4.69, 9.17) is 14.2 Å². The van der Waals surface area contributed by atoms with Crippen LogP contribution in [0.4, 0.5) is 10.5 Å². The Morgan fingerprint density at radius 3 is 2.39 bits per heavy atom. The van der Waals surface area contributed by atoms with Gasteiger partial charge in [0.05, 0.1) is 38.1 Å². The van der Waals surface area contributed by atoms with Crippen LogP contribution in [0, 0.1) is 18.3 Å². The summed E-state index contributed by atoms with van der Waals surface area (Å²) < 4.78 is 16.2. The Morgan fingerprint density at radius 1 is 1.08 bits per heavy atom. The van der Waals surface area contributed by atoms with Crippen molar-refractivity contribution in [3.05, 3.63) is 71.8 Å². The lowest BCUT2D eigenvalue weighted by Crippen LogP contribution is -2.38. The van der Waals surface area contributed by atoms with Crippen molar-refractivity contribution < 1.29 is 23.8 Å². The summed E-state index contributed by atoms with van der Waals surface area (Å²) in [5, 5.41) is 11.0. The Balaban J connectivity index is 2.29. The predicted octanol–water partition coefficient (Wildman–Crippen LogP) is 6.43. The van der Waals surface area contributed by atoms with Gasteiger partial charge in [-0.25, -0.2) is 9.59 Å². The third-order valence-corrected chi connectivity index (χ3v) is 5.62. The van der Waals surface area contributed by atoms with E-state index >= 15 is 0 Å². The Hall–Kier alpha value is -4.31. The van der Waals surface area contributed by atoms with E-state index in [1.807, 2.05) is 43.3 Å². The SMILES string of the molecule is C=C(C#N)CN(C(=O)OC(C)(C)C)c1c(OC)ccc2ccc(-c3cccc(C(=O)OC)c3C)cc12. The van der Waals surface area contributed by atoms with Crippen LogP contribution >= 0.6 is 0 Å². The Bertz CT molecular complexity index is 1380. The summed E-state index contributed by atoms with van der Waals surface area (Å²) in [5.41, 5.74) is 2.83. The van der Waals surface area contributed by atoms with Crippen LogP contribution in [0.5, 0.6) is 5.75 Å². The fraction of sp³-hybridized carbons (Fsp3) is 0.276. The monoisotopic (exact) mass is 486 g/mol. The normalized spacial score (nSPS) is 10.9. The predicted molar refractivity (Wildman–Crippen MR) is 140 cm³/mol. The van der Waals surface area contributed by atoms with Gasteiger partial charge >= 0.3 is 12.1 Å². The maximum absolute atomic E-state index is 13.3. The molecule has 0 radical (unpaired) electrons. The van der Waals surface area contributed by atoms with Gasteiger partial charge in [0.25, 0.3) is 0 Å². The zero-order valence-electron chi connectivity index (χ0n) is 21.5. The number of nitrogens with zero attached hydrogens (tertiary/aromatic N) is 2. The van der Waals surface area contributed by atoms with Crippen LogP contribution in [-0.4, -0.2) is 38.4 Å². The molecular weight excluding hydrogens is 456 g/mol. The Labute approximate surface area is 211 Å². The molecule has 0 aliphatic carbocycles. The first-order chi connectivity index (χ1) is 17.0. The third-order valence-electron chi connectivity index (χ3n) is 5.62. The molecule has 0 bridgehead atoms. The van der Waals surface area contributed by atoms with Gasteiger partial charge in [-0.2, -0.15) is 5.26 Å². The summed E-state index contributed by atoms with van der Waals surface area (Å²) in [7, 11) is 2.87. The third kappa shape index (κ3) is 5.49. The number of esters is 1. The van der Waals surface area contributed by atoms with Gasteiger partial charge in [0.2, 0.25) is 0 Å². The summed E-state index contributed by atoms with van der Waals surface area (Å²) >= 11 is 0. The van der Waals surface area contributed by atoms with Gasteiger partial charge in [-0.05, 0) is 68.0 Å². The molecule has 0 unspecified atom stereocenters. The van der Waals surface area contributed by atoms with E-state index in [-0.39, 0.29) is 12.1 Å². The molecule has 0 spiro atoms. The van der Waals surface area contributed by atoms with Crippen molar-refractivity contribution >= 4 is 28.5 Å². The number of hydrogen-bond donors (Lipinski definition) is 0. The highest BCUT2D eigenvalue weighted by Gasteiger charge is 2.28. The van der Waals surface area contributed by atoms with E-state index < -0.39 is 17.7 Å². The summed E-state index contributed by atoms with van der Waals surface area (Å²) in [6, 6.07) is 16.9. The first-order valence-corrected chi connectivity index (χ1v) is 11.4. The molecule has 0 aliphatic heterocycles. The number of methoxy groups -OCH3 is 2. The molecule has 0 saturated carbocycles. The number of hydrogen-bond acceptors (Lipinski definition) is 6. The summed E-state index contributed by atoms with van der Waals surface area (Å²) in [5.74, 6) is 0.0277. The topological polar surface area (TPSA) is 88.9 Å². The van der Waals surface area contributed by atoms with E-state index in [1.54, 1.807) is 39.0 Å². The highest BCUT2D eigenvalue weighted by molar-refractivity contribution is 6.06. The number of fused-ring (bicyclic) bond motifs is 1. The Kier molecular flexibility index (Phi) is 7.69. The number of amides is 1. The fourth-order valence-corrected chi connectivity index (χ4v) is 3.95. The second-order valence-electron chi connectivity index (χ2n) is 9.30. The summed E-state index contributed by atoms with van der Waals surface area (Å²) in [6.45, 7) is 10.9.